The summed E-state index contributed by atoms with van der Waals surface area (Å²) in [5.41, 5.74) is 0. The molecule has 10 heteroatoms. The van der Waals surface area contributed by atoms with Crippen LogP contribution in [-0.2, 0) is 33.1 Å². The number of esters is 2. The van der Waals surface area contributed by atoms with Crippen molar-refractivity contribution in [2.45, 2.75) is 64.2 Å². The van der Waals surface area contributed by atoms with E-state index in [0.717, 1.165) is 10.4 Å². The van der Waals surface area contributed by atoms with E-state index in [9.17, 15) is 29.4 Å². The van der Waals surface area contributed by atoms with Gasteiger partial charge in [-0.25, -0.2) is 9.59 Å². The molecular formula is C27H34O9Si. The molecule has 0 saturated carbocycles. The molecule has 0 aliphatic carbocycles. The van der Waals surface area contributed by atoms with Gasteiger partial charge in [-0.1, -0.05) is 88.4 Å². The van der Waals surface area contributed by atoms with Gasteiger partial charge in [0.25, 0.3) is 8.32 Å². The smallest absolute Gasteiger partial charge is 0.345 e. The Kier molecular flexibility index (Phi) is 10.6. The summed E-state index contributed by atoms with van der Waals surface area (Å²) in [6.07, 6.45) is -4.31. The highest BCUT2D eigenvalue weighted by molar-refractivity contribution is 6.99. The number of carbonyl (C=O) groups is 4. The number of ether oxygens (including phenoxy) is 2. The van der Waals surface area contributed by atoms with Crippen LogP contribution in [0.4, 0.5) is 0 Å². The Morgan fingerprint density at radius 3 is 1.65 bits per heavy atom. The van der Waals surface area contributed by atoms with Gasteiger partial charge in [-0.05, 0) is 21.8 Å². The van der Waals surface area contributed by atoms with Gasteiger partial charge in [0.05, 0.1) is 19.4 Å². The lowest BCUT2D eigenvalue weighted by Gasteiger charge is -2.44. The van der Waals surface area contributed by atoms with Crippen LogP contribution in [0.2, 0.25) is 5.04 Å². The molecule has 0 unspecified atom stereocenters. The van der Waals surface area contributed by atoms with Crippen LogP contribution >= 0.6 is 0 Å². The molecule has 0 fully saturated rings. The quantitative estimate of drug-likeness (QED) is 0.296. The van der Waals surface area contributed by atoms with Crippen LogP contribution in [0, 0.1) is 0 Å². The molecule has 9 nitrogen and oxygen atoms in total. The summed E-state index contributed by atoms with van der Waals surface area (Å²) in [5.74, 6) is -4.87. The molecule has 0 aliphatic heterocycles. The minimum absolute atomic E-state index is 0.104. The van der Waals surface area contributed by atoms with Gasteiger partial charge >= 0.3 is 23.9 Å². The molecule has 0 aromatic heterocycles. The maximum absolute atomic E-state index is 12.7. The molecule has 0 aliphatic rings. The standard InChI is InChI=1S/C27H34O9Si/c1-5-16-34-23(28)17-21(25(30)31)35-24(29)18-22(26(32)33)36-37(27(2,3)4,19-12-8-6-9-13-19)20-14-10-7-11-15-20/h6-15,21-22H,5,16-18H2,1-4H3,(H,30,31)(H,32,33)/t21-,22-/m0/s1. The largest absolute Gasteiger partial charge is 0.479 e. The van der Waals surface area contributed by atoms with Crippen LogP contribution in [0.25, 0.3) is 0 Å². The fourth-order valence-corrected chi connectivity index (χ4v) is 8.67. The fourth-order valence-electron chi connectivity index (χ4n) is 4.05. The van der Waals surface area contributed by atoms with E-state index in [0.29, 0.717) is 6.42 Å². The highest BCUT2D eigenvalue weighted by Gasteiger charge is 2.52. The lowest BCUT2D eigenvalue weighted by atomic mass is 10.2. The second kappa shape index (κ2) is 13.2. The number of rotatable bonds is 13. The fraction of sp³-hybridized carbons (Fsp3) is 0.407. The Morgan fingerprint density at radius 2 is 1.24 bits per heavy atom. The Morgan fingerprint density at radius 1 is 0.784 bits per heavy atom. The number of hydrogen-bond acceptors (Lipinski definition) is 7. The molecule has 0 spiro atoms. The van der Waals surface area contributed by atoms with Crippen LogP contribution < -0.4 is 10.4 Å². The van der Waals surface area contributed by atoms with Gasteiger partial charge < -0.3 is 24.1 Å². The van der Waals surface area contributed by atoms with Crippen molar-refractivity contribution in [3.63, 3.8) is 0 Å². The van der Waals surface area contributed by atoms with E-state index in [-0.39, 0.29) is 6.61 Å². The maximum Gasteiger partial charge on any atom is 0.345 e. The van der Waals surface area contributed by atoms with Crippen LogP contribution in [-0.4, -0.2) is 61.2 Å². The predicted molar refractivity (Wildman–Crippen MR) is 138 cm³/mol. The van der Waals surface area contributed by atoms with Crippen molar-refractivity contribution in [3.05, 3.63) is 60.7 Å². The topological polar surface area (TPSA) is 136 Å². The van der Waals surface area contributed by atoms with E-state index >= 15 is 0 Å². The third-order valence-corrected chi connectivity index (χ3v) is 10.8. The van der Waals surface area contributed by atoms with Crippen molar-refractivity contribution < 1.29 is 43.3 Å². The minimum Gasteiger partial charge on any atom is -0.479 e. The summed E-state index contributed by atoms with van der Waals surface area (Å²) < 4.78 is 16.3. The van der Waals surface area contributed by atoms with Gasteiger partial charge in [-0.15, -0.1) is 0 Å². The van der Waals surface area contributed by atoms with E-state index in [1.165, 1.54) is 0 Å². The van der Waals surface area contributed by atoms with E-state index in [2.05, 4.69) is 0 Å². The summed E-state index contributed by atoms with van der Waals surface area (Å²) in [6, 6.07) is 18.6. The molecule has 2 N–H and O–H groups in total. The first-order valence-electron chi connectivity index (χ1n) is 12.0. The van der Waals surface area contributed by atoms with Crippen LogP contribution in [0.15, 0.2) is 60.7 Å². The molecule has 0 saturated heterocycles. The normalized spacial score (nSPS) is 13.3. The SMILES string of the molecule is CCCOC(=O)C[C@H](OC(=O)C[C@H](O[Si](c1ccccc1)(c1ccccc1)C(C)(C)C)C(=O)O)C(=O)O. The number of hydrogen-bond donors (Lipinski definition) is 2. The molecular weight excluding hydrogens is 496 g/mol. The van der Waals surface area contributed by atoms with Crippen LogP contribution in [0.1, 0.15) is 47.0 Å². The van der Waals surface area contributed by atoms with Gasteiger partial charge in [0.15, 0.2) is 6.10 Å². The van der Waals surface area contributed by atoms with Crippen LogP contribution in [0.5, 0.6) is 0 Å². The molecule has 0 radical (unpaired) electrons. The van der Waals surface area contributed by atoms with Crippen molar-refractivity contribution >= 4 is 42.6 Å². The number of aliphatic carboxylic acids is 2. The Labute approximate surface area is 217 Å². The second-order valence-electron chi connectivity index (χ2n) is 9.55. The van der Waals surface area contributed by atoms with Crippen molar-refractivity contribution in [3.8, 4) is 0 Å². The van der Waals surface area contributed by atoms with E-state index in [4.69, 9.17) is 13.9 Å². The summed E-state index contributed by atoms with van der Waals surface area (Å²) >= 11 is 0. The summed E-state index contributed by atoms with van der Waals surface area (Å²) in [7, 11) is -3.32. The average Bonchev–Trinajstić information content (AvgIpc) is 2.85. The molecule has 2 aromatic carbocycles. The zero-order valence-electron chi connectivity index (χ0n) is 21.5. The Balaban J connectivity index is 2.39. The molecule has 2 atom stereocenters. The van der Waals surface area contributed by atoms with Crippen molar-refractivity contribution in [1.82, 2.24) is 0 Å². The summed E-state index contributed by atoms with van der Waals surface area (Å²) in [4.78, 5) is 48.4. The first-order valence-corrected chi connectivity index (χ1v) is 13.9. The molecule has 2 rings (SSSR count). The number of carboxylic acids is 2. The highest BCUT2D eigenvalue weighted by Crippen LogP contribution is 2.38. The molecule has 0 bridgehead atoms. The first kappa shape index (κ1) is 29.7. The molecule has 37 heavy (non-hydrogen) atoms. The number of benzene rings is 2. The monoisotopic (exact) mass is 530 g/mol. The predicted octanol–water partition coefficient (Wildman–Crippen LogP) is 2.75. The van der Waals surface area contributed by atoms with Crippen molar-refractivity contribution in [2.24, 2.45) is 0 Å². The van der Waals surface area contributed by atoms with E-state index in [1.54, 1.807) is 6.92 Å². The minimum atomic E-state index is -3.32. The maximum atomic E-state index is 12.7. The molecule has 200 valence electrons. The van der Waals surface area contributed by atoms with Gasteiger partial charge in [0, 0.05) is 0 Å². The van der Waals surface area contributed by atoms with Gasteiger partial charge in [0.2, 0.25) is 6.10 Å². The van der Waals surface area contributed by atoms with Gasteiger partial charge in [-0.3, -0.25) is 9.59 Å². The summed E-state index contributed by atoms with van der Waals surface area (Å²) in [6.45, 7) is 7.75. The molecule has 2 aromatic rings. The third kappa shape index (κ3) is 7.74. The van der Waals surface area contributed by atoms with Crippen molar-refractivity contribution in [1.29, 1.82) is 0 Å². The van der Waals surface area contributed by atoms with Crippen molar-refractivity contribution in [2.75, 3.05) is 6.61 Å². The lowest BCUT2D eigenvalue weighted by molar-refractivity contribution is -0.170. The Bertz CT molecular complexity index is 1020. The first-order chi connectivity index (χ1) is 17.4. The zero-order valence-corrected chi connectivity index (χ0v) is 22.5. The second-order valence-corrected chi connectivity index (χ2v) is 13.8. The average molecular weight is 531 g/mol. The van der Waals surface area contributed by atoms with E-state index in [1.807, 2.05) is 81.4 Å². The zero-order chi connectivity index (χ0) is 27.6. The van der Waals surface area contributed by atoms with Gasteiger partial charge in [0.1, 0.15) is 0 Å². The molecule has 0 amide bonds. The third-order valence-electron chi connectivity index (χ3n) is 5.73. The molecule has 0 heterocycles. The number of carbonyl (C=O) groups excluding carboxylic acids is 2. The summed E-state index contributed by atoms with van der Waals surface area (Å²) in [5, 5.41) is 20.5. The Hall–Kier alpha value is -3.50. The van der Waals surface area contributed by atoms with E-state index < -0.39 is 62.3 Å². The lowest BCUT2D eigenvalue weighted by Crippen LogP contribution is -2.68. The highest BCUT2D eigenvalue weighted by atomic mass is 28.4. The van der Waals surface area contributed by atoms with Gasteiger partial charge in [-0.2, -0.15) is 0 Å². The van der Waals surface area contributed by atoms with Crippen LogP contribution in [0.3, 0.4) is 0 Å². The number of carboxylic acid groups (broad SMARTS) is 2.